The molecule has 148 valence electrons. The number of anilines is 1. The maximum absolute atomic E-state index is 13.8. The van der Waals surface area contributed by atoms with Gasteiger partial charge in [-0.25, -0.2) is 4.39 Å². The number of benzene rings is 2. The summed E-state index contributed by atoms with van der Waals surface area (Å²) >= 11 is 0. The first-order valence-electron chi connectivity index (χ1n) is 9.75. The van der Waals surface area contributed by atoms with Gasteiger partial charge in [-0.15, -0.1) is 0 Å². The predicted octanol–water partition coefficient (Wildman–Crippen LogP) is 4.37. The Balaban J connectivity index is 1.53. The van der Waals surface area contributed by atoms with Crippen molar-refractivity contribution in [1.82, 2.24) is 8.97 Å². The number of carbonyl (C=O) groups is 1. The first-order chi connectivity index (χ1) is 14.1. The molecule has 0 atom stereocenters. The van der Waals surface area contributed by atoms with Crippen LogP contribution >= 0.6 is 0 Å². The van der Waals surface area contributed by atoms with E-state index in [9.17, 15) is 14.0 Å². The molecule has 2 aromatic carbocycles. The number of hydrogen-bond donors (Lipinski definition) is 1. The molecular formula is C23H22FN3O2. The van der Waals surface area contributed by atoms with E-state index in [0.717, 1.165) is 23.2 Å². The molecule has 0 unspecified atom stereocenters. The topological polar surface area (TPSA) is 55.5 Å². The van der Waals surface area contributed by atoms with Gasteiger partial charge in [-0.2, -0.15) is 0 Å². The summed E-state index contributed by atoms with van der Waals surface area (Å²) in [5, 5.41) is 2.90. The highest BCUT2D eigenvalue weighted by Gasteiger charge is 2.12. The summed E-state index contributed by atoms with van der Waals surface area (Å²) in [7, 11) is 0. The molecule has 0 saturated heterocycles. The van der Waals surface area contributed by atoms with Gasteiger partial charge in [-0.3, -0.25) is 9.59 Å². The lowest BCUT2D eigenvalue weighted by Gasteiger charge is -2.13. The lowest BCUT2D eigenvalue weighted by atomic mass is 10.1. The van der Waals surface area contributed by atoms with Crippen LogP contribution in [0.2, 0.25) is 0 Å². The number of amides is 1. The van der Waals surface area contributed by atoms with Gasteiger partial charge in [0.1, 0.15) is 11.3 Å². The summed E-state index contributed by atoms with van der Waals surface area (Å²) in [6.45, 7) is 2.40. The molecule has 0 bridgehead atoms. The van der Waals surface area contributed by atoms with Crippen molar-refractivity contribution in [2.24, 2.45) is 0 Å². The van der Waals surface area contributed by atoms with Crippen molar-refractivity contribution >= 4 is 28.1 Å². The fourth-order valence-corrected chi connectivity index (χ4v) is 3.64. The molecule has 0 saturated carbocycles. The van der Waals surface area contributed by atoms with Crippen LogP contribution in [0.1, 0.15) is 25.3 Å². The zero-order chi connectivity index (χ0) is 20.4. The standard InChI is InChI=1S/C23H22FN3O2/c1-2-16-6-3-7-18(14-16)25-22(28)9-5-13-27-21-15-17(24)10-11-19(21)26-12-4-8-20(26)23(27)29/h3-4,6-8,10-12,14-15H,2,5,9,13H2,1H3,(H,25,28). The van der Waals surface area contributed by atoms with Crippen LogP contribution < -0.4 is 10.9 Å². The third-order valence-corrected chi connectivity index (χ3v) is 5.11. The Kier molecular flexibility index (Phi) is 5.16. The molecule has 5 nitrogen and oxygen atoms in total. The number of nitrogens with zero attached hydrogens (tertiary/aromatic N) is 2. The fraction of sp³-hybridized carbons (Fsp3) is 0.217. The van der Waals surface area contributed by atoms with E-state index < -0.39 is 5.82 Å². The van der Waals surface area contributed by atoms with Crippen LogP contribution in [0.3, 0.4) is 0 Å². The number of fused-ring (bicyclic) bond motifs is 3. The number of rotatable bonds is 6. The minimum atomic E-state index is -0.397. The number of halogens is 1. The molecule has 0 aliphatic heterocycles. The zero-order valence-electron chi connectivity index (χ0n) is 16.2. The van der Waals surface area contributed by atoms with Gasteiger partial charge in [0, 0.05) is 24.8 Å². The van der Waals surface area contributed by atoms with E-state index in [0.29, 0.717) is 24.0 Å². The van der Waals surface area contributed by atoms with Crippen LogP contribution in [0, 0.1) is 5.82 Å². The minimum absolute atomic E-state index is 0.106. The van der Waals surface area contributed by atoms with E-state index >= 15 is 0 Å². The van der Waals surface area contributed by atoms with Crippen LogP contribution in [0.15, 0.2) is 65.6 Å². The van der Waals surface area contributed by atoms with Crippen molar-refractivity contribution in [1.29, 1.82) is 0 Å². The van der Waals surface area contributed by atoms with E-state index in [-0.39, 0.29) is 17.9 Å². The molecule has 4 rings (SSSR count). The molecule has 2 heterocycles. The molecule has 0 spiro atoms. The molecule has 6 heteroatoms. The van der Waals surface area contributed by atoms with Crippen LogP contribution in [0.4, 0.5) is 10.1 Å². The third kappa shape index (κ3) is 3.78. The summed E-state index contributed by atoms with van der Waals surface area (Å²) in [5.74, 6) is -0.503. The monoisotopic (exact) mass is 391 g/mol. The van der Waals surface area contributed by atoms with Gasteiger partial charge in [0.05, 0.1) is 11.0 Å². The molecule has 1 N–H and O–H groups in total. The van der Waals surface area contributed by atoms with E-state index in [1.165, 1.54) is 12.1 Å². The van der Waals surface area contributed by atoms with E-state index in [4.69, 9.17) is 0 Å². The van der Waals surface area contributed by atoms with Crippen LogP contribution in [0.25, 0.3) is 16.6 Å². The molecule has 4 aromatic rings. The first-order valence-corrected chi connectivity index (χ1v) is 9.75. The highest BCUT2D eigenvalue weighted by atomic mass is 19.1. The van der Waals surface area contributed by atoms with E-state index in [1.54, 1.807) is 33.4 Å². The molecule has 0 radical (unpaired) electrons. The largest absolute Gasteiger partial charge is 0.326 e. The maximum Gasteiger partial charge on any atom is 0.275 e. The fourth-order valence-electron chi connectivity index (χ4n) is 3.64. The Bertz CT molecular complexity index is 1260. The Morgan fingerprint density at radius 2 is 1.90 bits per heavy atom. The third-order valence-electron chi connectivity index (χ3n) is 5.11. The quantitative estimate of drug-likeness (QED) is 0.530. The zero-order valence-corrected chi connectivity index (χ0v) is 16.2. The van der Waals surface area contributed by atoms with Crippen LogP contribution in [0.5, 0.6) is 0 Å². The van der Waals surface area contributed by atoms with Crippen molar-refractivity contribution in [2.75, 3.05) is 5.32 Å². The summed E-state index contributed by atoms with van der Waals surface area (Å²) in [6.07, 6.45) is 3.44. The second-order valence-electron chi connectivity index (χ2n) is 7.06. The van der Waals surface area contributed by atoms with Gasteiger partial charge in [0.2, 0.25) is 5.91 Å². The van der Waals surface area contributed by atoms with Gasteiger partial charge >= 0.3 is 0 Å². The molecule has 0 aliphatic rings. The molecule has 29 heavy (non-hydrogen) atoms. The lowest BCUT2D eigenvalue weighted by Crippen LogP contribution is -2.23. The Hall–Kier alpha value is -3.41. The number of aromatic nitrogens is 2. The highest BCUT2D eigenvalue weighted by molar-refractivity contribution is 5.90. The summed E-state index contributed by atoms with van der Waals surface area (Å²) in [4.78, 5) is 25.2. The highest BCUT2D eigenvalue weighted by Crippen LogP contribution is 2.18. The Morgan fingerprint density at radius 1 is 1.03 bits per heavy atom. The summed E-state index contributed by atoms with van der Waals surface area (Å²) in [5.41, 5.74) is 3.55. The Labute approximate surface area is 167 Å². The normalized spacial score (nSPS) is 11.2. The average molecular weight is 391 g/mol. The van der Waals surface area contributed by atoms with Crippen molar-refractivity contribution in [3.05, 3.63) is 82.5 Å². The Morgan fingerprint density at radius 3 is 2.72 bits per heavy atom. The summed E-state index contributed by atoms with van der Waals surface area (Å²) in [6, 6.07) is 15.7. The molecule has 0 fully saturated rings. The second-order valence-corrected chi connectivity index (χ2v) is 7.06. The lowest BCUT2D eigenvalue weighted by molar-refractivity contribution is -0.116. The number of nitrogens with one attached hydrogen (secondary N) is 1. The predicted molar refractivity (Wildman–Crippen MR) is 113 cm³/mol. The number of aryl methyl sites for hydroxylation is 2. The number of carbonyl (C=O) groups excluding carboxylic acids is 1. The van der Waals surface area contributed by atoms with Gasteiger partial charge in [0.25, 0.3) is 5.56 Å². The van der Waals surface area contributed by atoms with Gasteiger partial charge in [-0.05, 0) is 60.9 Å². The summed E-state index contributed by atoms with van der Waals surface area (Å²) < 4.78 is 17.2. The molecule has 0 aliphatic carbocycles. The molecular weight excluding hydrogens is 369 g/mol. The SMILES string of the molecule is CCc1cccc(NC(=O)CCCn2c(=O)c3cccn3c3ccc(F)cc32)c1. The van der Waals surface area contributed by atoms with Crippen LogP contribution in [-0.2, 0) is 17.8 Å². The van der Waals surface area contributed by atoms with E-state index in [1.807, 2.05) is 24.3 Å². The van der Waals surface area contributed by atoms with Crippen LogP contribution in [-0.4, -0.2) is 14.9 Å². The smallest absolute Gasteiger partial charge is 0.275 e. The number of hydrogen-bond acceptors (Lipinski definition) is 2. The van der Waals surface area contributed by atoms with Gasteiger partial charge in [-0.1, -0.05) is 19.1 Å². The first kappa shape index (κ1) is 18.9. The van der Waals surface area contributed by atoms with Crippen molar-refractivity contribution in [3.8, 4) is 0 Å². The van der Waals surface area contributed by atoms with Crippen molar-refractivity contribution in [3.63, 3.8) is 0 Å². The van der Waals surface area contributed by atoms with Crippen molar-refractivity contribution in [2.45, 2.75) is 32.7 Å². The minimum Gasteiger partial charge on any atom is -0.326 e. The van der Waals surface area contributed by atoms with E-state index in [2.05, 4.69) is 12.2 Å². The molecule has 1 amide bonds. The van der Waals surface area contributed by atoms with Crippen molar-refractivity contribution < 1.29 is 9.18 Å². The second kappa shape index (κ2) is 7.91. The maximum atomic E-state index is 13.8. The molecule has 2 aromatic heterocycles. The van der Waals surface area contributed by atoms with Gasteiger partial charge < -0.3 is 14.3 Å². The van der Waals surface area contributed by atoms with Gasteiger partial charge in [0.15, 0.2) is 0 Å². The average Bonchev–Trinajstić information content (AvgIpc) is 3.20.